The minimum absolute atomic E-state index is 0.0687. The number of allylic oxidation sites excluding steroid dienone is 2. The Morgan fingerprint density at radius 2 is 1.86 bits per heavy atom. The molecule has 240 valence electrons. The molecule has 5 nitrogen and oxygen atoms in total. The molecule has 3 fully saturated rings. The molecule has 3 saturated carbocycles. The number of hydrogen-bond donors (Lipinski definition) is 0. The second kappa shape index (κ2) is 12.9. The molecule has 4 rings (SSSR count). The van der Waals surface area contributed by atoms with Crippen molar-refractivity contribution >= 4 is 18.2 Å². The lowest BCUT2D eigenvalue weighted by Crippen LogP contribution is -2.46. The standard InChI is InChI=1S/C35H60O5SSi/c1-24(2)13-11-14-25(3)30-16-17-31-26(15-12-18-35(30,31)7)19-33-28-20-27(40-42(9,10)34(4,5)6)21-32(39-23-38-8)29(28)22-41(33,36)37/h19,22,24-25,27,30-32H,11-18,20-21,23H2,1-10H3/b26-19+/t25-,27-,30-,31+,32+,35-/m1/s1. The fraction of sp³-hybridized carbons (Fsp3) is 0.829. The van der Waals surface area contributed by atoms with Crippen molar-refractivity contribution in [2.75, 3.05) is 13.9 Å². The monoisotopic (exact) mass is 620 g/mol. The zero-order chi connectivity index (χ0) is 31.1. The van der Waals surface area contributed by atoms with Gasteiger partial charge in [-0.25, -0.2) is 8.42 Å². The van der Waals surface area contributed by atoms with E-state index in [0.717, 1.165) is 29.9 Å². The summed E-state index contributed by atoms with van der Waals surface area (Å²) in [5.41, 5.74) is 3.36. The van der Waals surface area contributed by atoms with Crippen molar-refractivity contribution in [2.45, 2.75) is 143 Å². The topological polar surface area (TPSA) is 61.8 Å². The fourth-order valence-corrected chi connectivity index (χ4v) is 11.3. The van der Waals surface area contributed by atoms with Crippen LogP contribution in [0.3, 0.4) is 0 Å². The average Bonchev–Trinajstić information content (AvgIpc) is 3.35. The van der Waals surface area contributed by atoms with E-state index in [1.54, 1.807) is 7.11 Å². The van der Waals surface area contributed by atoms with Crippen molar-refractivity contribution in [3.63, 3.8) is 0 Å². The summed E-state index contributed by atoms with van der Waals surface area (Å²) >= 11 is 0. The van der Waals surface area contributed by atoms with Crippen LogP contribution < -0.4 is 0 Å². The third kappa shape index (κ3) is 7.06. The summed E-state index contributed by atoms with van der Waals surface area (Å²) < 4.78 is 45.8. The Morgan fingerprint density at radius 1 is 1.14 bits per heavy atom. The number of methoxy groups -OCH3 is 1. The molecule has 4 aliphatic rings. The van der Waals surface area contributed by atoms with Gasteiger partial charge in [-0.05, 0) is 103 Å². The van der Waals surface area contributed by atoms with Crippen LogP contribution in [-0.2, 0) is 23.7 Å². The first-order chi connectivity index (χ1) is 19.5. The van der Waals surface area contributed by atoms with Crippen molar-refractivity contribution in [3.05, 3.63) is 33.1 Å². The van der Waals surface area contributed by atoms with Gasteiger partial charge in [-0.1, -0.05) is 73.3 Å². The Balaban J connectivity index is 1.65. The summed E-state index contributed by atoms with van der Waals surface area (Å²) in [6.07, 6.45) is 12.8. The number of sulfone groups is 1. The van der Waals surface area contributed by atoms with Crippen LogP contribution in [0.1, 0.15) is 113 Å². The largest absolute Gasteiger partial charge is 0.413 e. The van der Waals surface area contributed by atoms with E-state index in [1.165, 1.54) is 49.5 Å². The summed E-state index contributed by atoms with van der Waals surface area (Å²) in [6.45, 7) is 21.1. The fourth-order valence-electron chi connectivity index (χ4n) is 8.35. The van der Waals surface area contributed by atoms with Crippen molar-refractivity contribution in [2.24, 2.45) is 29.1 Å². The second-order valence-corrected chi connectivity index (χ2v) is 22.6. The maximum absolute atomic E-state index is 13.8. The Kier molecular flexibility index (Phi) is 10.5. The van der Waals surface area contributed by atoms with Crippen LogP contribution in [0.5, 0.6) is 0 Å². The van der Waals surface area contributed by atoms with Gasteiger partial charge in [0.15, 0.2) is 18.2 Å². The quantitative estimate of drug-likeness (QED) is 0.170. The predicted octanol–water partition coefficient (Wildman–Crippen LogP) is 9.33. The van der Waals surface area contributed by atoms with E-state index in [9.17, 15) is 8.42 Å². The van der Waals surface area contributed by atoms with E-state index < -0.39 is 18.2 Å². The summed E-state index contributed by atoms with van der Waals surface area (Å²) in [5.74, 6) is 2.67. The number of hydrogen-bond acceptors (Lipinski definition) is 5. The minimum atomic E-state index is -3.54. The zero-order valence-corrected chi connectivity index (χ0v) is 30.2. The van der Waals surface area contributed by atoms with Gasteiger partial charge >= 0.3 is 0 Å². The molecule has 3 aliphatic carbocycles. The van der Waals surface area contributed by atoms with Crippen LogP contribution in [0.2, 0.25) is 18.1 Å². The van der Waals surface area contributed by atoms with Crippen LogP contribution in [0, 0.1) is 29.1 Å². The molecule has 0 amide bonds. The normalized spacial score (nSPS) is 33.2. The van der Waals surface area contributed by atoms with Gasteiger partial charge in [-0.3, -0.25) is 0 Å². The third-order valence-electron chi connectivity index (χ3n) is 11.6. The Morgan fingerprint density at radius 3 is 2.50 bits per heavy atom. The molecule has 1 heterocycles. The van der Waals surface area contributed by atoms with E-state index in [2.05, 4.69) is 67.6 Å². The van der Waals surface area contributed by atoms with Gasteiger partial charge in [0.1, 0.15) is 6.79 Å². The average molecular weight is 621 g/mol. The predicted molar refractivity (Wildman–Crippen MR) is 176 cm³/mol. The lowest BCUT2D eigenvalue weighted by Gasteiger charge is -2.44. The lowest BCUT2D eigenvalue weighted by atomic mass is 9.60. The molecule has 6 atom stereocenters. The van der Waals surface area contributed by atoms with Crippen LogP contribution in [0.15, 0.2) is 33.1 Å². The minimum Gasteiger partial charge on any atom is -0.413 e. The van der Waals surface area contributed by atoms with Gasteiger partial charge in [0, 0.05) is 18.9 Å². The van der Waals surface area contributed by atoms with E-state index in [-0.39, 0.29) is 29.5 Å². The first kappa shape index (κ1) is 34.1. The molecule has 0 aromatic heterocycles. The van der Waals surface area contributed by atoms with Crippen molar-refractivity contribution < 1.29 is 22.3 Å². The van der Waals surface area contributed by atoms with E-state index in [1.807, 2.05) is 0 Å². The van der Waals surface area contributed by atoms with Gasteiger partial charge in [-0.2, -0.15) is 0 Å². The Labute approximate surface area is 259 Å². The van der Waals surface area contributed by atoms with E-state index in [4.69, 9.17) is 13.9 Å². The molecule has 0 aromatic carbocycles. The van der Waals surface area contributed by atoms with Gasteiger partial charge in [-0.15, -0.1) is 0 Å². The molecular weight excluding hydrogens is 561 g/mol. The van der Waals surface area contributed by atoms with E-state index >= 15 is 0 Å². The maximum Gasteiger partial charge on any atom is 0.200 e. The third-order valence-corrected chi connectivity index (χ3v) is 17.7. The van der Waals surface area contributed by atoms with Crippen LogP contribution in [0.25, 0.3) is 0 Å². The number of ether oxygens (including phenoxy) is 2. The summed E-state index contributed by atoms with van der Waals surface area (Å²) in [7, 11) is -3.99. The van der Waals surface area contributed by atoms with Crippen molar-refractivity contribution in [1.82, 2.24) is 0 Å². The molecule has 0 N–H and O–H groups in total. The zero-order valence-electron chi connectivity index (χ0n) is 28.3. The summed E-state index contributed by atoms with van der Waals surface area (Å²) in [6, 6.07) is 0. The van der Waals surface area contributed by atoms with Crippen LogP contribution in [-0.4, -0.2) is 42.8 Å². The second-order valence-electron chi connectivity index (χ2n) is 16.1. The van der Waals surface area contributed by atoms with Gasteiger partial charge in [0.25, 0.3) is 0 Å². The first-order valence-electron chi connectivity index (χ1n) is 16.7. The Hall–Kier alpha value is -0.733. The smallest absolute Gasteiger partial charge is 0.200 e. The SMILES string of the molecule is COCO[C@H]1C[C@H](O[Si](C)(C)C(C)(C)C)CC2=C(/C=C3\CCC[C@]4(C)[C@@H]([C@H](C)CCCC(C)C)CC[C@@H]34)S(=O)(=O)C=C21. The summed E-state index contributed by atoms with van der Waals surface area (Å²) in [4.78, 5) is 0.514. The highest BCUT2D eigenvalue weighted by Crippen LogP contribution is 2.60. The van der Waals surface area contributed by atoms with Crippen molar-refractivity contribution in [3.8, 4) is 0 Å². The van der Waals surface area contributed by atoms with Crippen LogP contribution in [0.4, 0.5) is 0 Å². The highest BCUT2D eigenvalue weighted by molar-refractivity contribution is 7.98. The molecule has 0 spiro atoms. The molecule has 0 unspecified atom stereocenters. The molecule has 0 aromatic rings. The molecular formula is C35H60O5SSi. The molecule has 0 saturated heterocycles. The molecule has 0 radical (unpaired) electrons. The highest BCUT2D eigenvalue weighted by atomic mass is 32.2. The molecule has 1 aliphatic heterocycles. The molecule has 7 heteroatoms. The van der Waals surface area contributed by atoms with Gasteiger partial charge in [0.2, 0.25) is 0 Å². The number of rotatable bonds is 11. The summed E-state index contributed by atoms with van der Waals surface area (Å²) in [5, 5.41) is 1.57. The van der Waals surface area contributed by atoms with Gasteiger partial charge in [0.05, 0.1) is 17.1 Å². The highest BCUT2D eigenvalue weighted by Gasteiger charge is 2.51. The van der Waals surface area contributed by atoms with Crippen LogP contribution >= 0.6 is 0 Å². The maximum atomic E-state index is 13.8. The molecule has 42 heavy (non-hydrogen) atoms. The Bertz CT molecular complexity index is 1170. The first-order valence-corrected chi connectivity index (χ1v) is 21.1. The van der Waals surface area contributed by atoms with E-state index in [0.29, 0.717) is 35.5 Å². The lowest BCUT2D eigenvalue weighted by molar-refractivity contribution is -0.0730. The van der Waals surface area contributed by atoms with Gasteiger partial charge < -0.3 is 13.9 Å². The number of fused-ring (bicyclic) bond motifs is 2. The molecule has 0 bridgehead atoms. The van der Waals surface area contributed by atoms with Crippen molar-refractivity contribution in [1.29, 1.82) is 0 Å².